The Morgan fingerprint density at radius 1 is 0.741 bits per heavy atom. The molecule has 3 aromatic rings. The predicted molar refractivity (Wildman–Crippen MR) is 120 cm³/mol. The van der Waals surface area contributed by atoms with E-state index in [0.29, 0.717) is 0 Å². The van der Waals surface area contributed by atoms with Crippen LogP contribution in [0.2, 0.25) is 0 Å². The van der Waals surface area contributed by atoms with Gasteiger partial charge in [0.2, 0.25) is 0 Å². The van der Waals surface area contributed by atoms with Gasteiger partial charge in [0.25, 0.3) is 0 Å². The Kier molecular flexibility index (Phi) is 5.31. The molecule has 1 nitrogen and oxygen atoms in total. The first-order valence-electron chi connectivity index (χ1n) is 9.44. The van der Waals surface area contributed by atoms with E-state index >= 15 is 0 Å². The standard InChI is InChI=1S/C25H28BrN/c1-15-16(2)18(4)24(26)23(17(15)3)20-10-8-19(9-11-20)22-14-21(12-13-27-22)25(5,6)7/h8-14H,1-7H3. The second-order valence-corrected chi connectivity index (χ2v) is 9.24. The first-order valence-corrected chi connectivity index (χ1v) is 10.2. The predicted octanol–water partition coefficient (Wildman–Crippen LogP) is 7.71. The van der Waals surface area contributed by atoms with Crippen molar-refractivity contribution in [2.45, 2.75) is 53.9 Å². The van der Waals surface area contributed by atoms with Crippen LogP contribution >= 0.6 is 15.9 Å². The second-order valence-electron chi connectivity index (χ2n) is 8.45. The zero-order valence-electron chi connectivity index (χ0n) is 17.4. The lowest BCUT2D eigenvalue weighted by molar-refractivity contribution is 0.589. The van der Waals surface area contributed by atoms with Gasteiger partial charge in [-0.05, 0) is 100 Å². The minimum Gasteiger partial charge on any atom is -0.256 e. The van der Waals surface area contributed by atoms with Gasteiger partial charge in [-0.15, -0.1) is 0 Å². The van der Waals surface area contributed by atoms with Crippen molar-refractivity contribution in [3.8, 4) is 22.4 Å². The van der Waals surface area contributed by atoms with Gasteiger partial charge in [-0.1, -0.05) is 45.0 Å². The minimum absolute atomic E-state index is 0.122. The number of benzene rings is 2. The Balaban J connectivity index is 2.06. The molecule has 0 aliphatic rings. The topological polar surface area (TPSA) is 12.9 Å². The second kappa shape index (κ2) is 7.24. The molecule has 0 fully saturated rings. The lowest BCUT2D eigenvalue weighted by Gasteiger charge is -2.20. The van der Waals surface area contributed by atoms with E-state index in [2.05, 4.69) is 106 Å². The molecular formula is C25H28BrN. The molecule has 0 radical (unpaired) electrons. The maximum absolute atomic E-state index is 4.59. The van der Waals surface area contributed by atoms with Crippen LogP contribution < -0.4 is 0 Å². The molecule has 0 amide bonds. The van der Waals surface area contributed by atoms with E-state index in [9.17, 15) is 0 Å². The van der Waals surface area contributed by atoms with Gasteiger partial charge < -0.3 is 0 Å². The molecule has 2 heteroatoms. The van der Waals surface area contributed by atoms with Gasteiger partial charge in [0.15, 0.2) is 0 Å². The fraction of sp³-hybridized carbons (Fsp3) is 0.320. The Morgan fingerprint density at radius 3 is 1.89 bits per heavy atom. The van der Waals surface area contributed by atoms with Gasteiger partial charge in [-0.3, -0.25) is 4.98 Å². The molecule has 0 N–H and O–H groups in total. The molecule has 0 unspecified atom stereocenters. The highest BCUT2D eigenvalue weighted by atomic mass is 79.9. The molecule has 0 saturated heterocycles. The molecule has 0 atom stereocenters. The molecular weight excluding hydrogens is 394 g/mol. The van der Waals surface area contributed by atoms with E-state index in [-0.39, 0.29) is 5.41 Å². The normalized spacial score (nSPS) is 11.7. The summed E-state index contributed by atoms with van der Waals surface area (Å²) in [7, 11) is 0. The zero-order valence-corrected chi connectivity index (χ0v) is 19.0. The summed E-state index contributed by atoms with van der Waals surface area (Å²) in [5, 5.41) is 0. The number of hydrogen-bond donors (Lipinski definition) is 0. The fourth-order valence-corrected chi connectivity index (χ4v) is 4.30. The van der Waals surface area contributed by atoms with Crippen molar-refractivity contribution >= 4 is 15.9 Å². The van der Waals surface area contributed by atoms with Crippen LogP contribution in [-0.4, -0.2) is 4.98 Å². The van der Waals surface area contributed by atoms with E-state index in [1.807, 2.05) is 6.20 Å². The van der Waals surface area contributed by atoms with Crippen LogP contribution in [-0.2, 0) is 5.41 Å². The Bertz CT molecular complexity index is 963. The van der Waals surface area contributed by atoms with Crippen molar-refractivity contribution in [3.63, 3.8) is 0 Å². The van der Waals surface area contributed by atoms with Crippen molar-refractivity contribution in [2.24, 2.45) is 0 Å². The first kappa shape index (κ1) is 19.8. The lowest BCUT2D eigenvalue weighted by atomic mass is 9.86. The quantitative estimate of drug-likeness (QED) is 0.412. The average Bonchev–Trinajstić information content (AvgIpc) is 2.65. The van der Waals surface area contributed by atoms with E-state index in [1.54, 1.807) is 0 Å². The van der Waals surface area contributed by atoms with Gasteiger partial charge in [-0.25, -0.2) is 0 Å². The third kappa shape index (κ3) is 3.73. The Hall–Kier alpha value is -1.93. The third-order valence-electron chi connectivity index (χ3n) is 5.71. The SMILES string of the molecule is Cc1c(C)c(C)c(-c2ccc(-c3cc(C(C)(C)C)ccn3)cc2)c(Br)c1C. The molecule has 140 valence electrons. The molecule has 27 heavy (non-hydrogen) atoms. The monoisotopic (exact) mass is 421 g/mol. The third-order valence-corrected chi connectivity index (χ3v) is 6.70. The summed E-state index contributed by atoms with van der Waals surface area (Å²) in [5.74, 6) is 0. The van der Waals surface area contributed by atoms with Gasteiger partial charge in [0.1, 0.15) is 0 Å². The van der Waals surface area contributed by atoms with Gasteiger partial charge in [0, 0.05) is 16.2 Å². The van der Waals surface area contributed by atoms with E-state index in [1.165, 1.54) is 43.4 Å². The molecule has 0 spiro atoms. The van der Waals surface area contributed by atoms with Gasteiger partial charge in [0.05, 0.1) is 5.69 Å². The van der Waals surface area contributed by atoms with E-state index < -0.39 is 0 Å². The highest BCUT2D eigenvalue weighted by Gasteiger charge is 2.16. The fourth-order valence-electron chi connectivity index (χ4n) is 3.47. The van der Waals surface area contributed by atoms with Crippen molar-refractivity contribution in [1.82, 2.24) is 4.98 Å². The Labute approximate surface area is 172 Å². The summed E-state index contributed by atoms with van der Waals surface area (Å²) >= 11 is 3.84. The van der Waals surface area contributed by atoms with Crippen LogP contribution in [0.5, 0.6) is 0 Å². The number of rotatable bonds is 2. The highest BCUT2D eigenvalue weighted by Crippen LogP contribution is 2.38. The van der Waals surface area contributed by atoms with Crippen molar-refractivity contribution in [3.05, 3.63) is 74.9 Å². The zero-order chi connectivity index (χ0) is 19.9. The number of nitrogens with zero attached hydrogens (tertiary/aromatic N) is 1. The maximum atomic E-state index is 4.59. The van der Waals surface area contributed by atoms with Crippen LogP contribution in [0.1, 0.15) is 48.6 Å². The number of aromatic nitrogens is 1. The average molecular weight is 422 g/mol. The van der Waals surface area contributed by atoms with Crippen LogP contribution in [0.4, 0.5) is 0 Å². The molecule has 1 aromatic heterocycles. The molecule has 1 heterocycles. The summed E-state index contributed by atoms with van der Waals surface area (Å²) in [6.07, 6.45) is 1.91. The molecule has 2 aromatic carbocycles. The smallest absolute Gasteiger partial charge is 0.0704 e. The maximum Gasteiger partial charge on any atom is 0.0704 e. The summed E-state index contributed by atoms with van der Waals surface area (Å²) in [6.45, 7) is 15.5. The molecule has 3 rings (SSSR count). The summed E-state index contributed by atoms with van der Waals surface area (Å²) in [5.41, 5.74) is 11.5. The van der Waals surface area contributed by atoms with Crippen LogP contribution in [0.15, 0.2) is 47.1 Å². The van der Waals surface area contributed by atoms with Crippen molar-refractivity contribution in [2.75, 3.05) is 0 Å². The largest absolute Gasteiger partial charge is 0.256 e. The van der Waals surface area contributed by atoms with Crippen molar-refractivity contribution < 1.29 is 0 Å². The molecule has 0 aliphatic heterocycles. The Morgan fingerprint density at radius 2 is 1.30 bits per heavy atom. The van der Waals surface area contributed by atoms with Crippen LogP contribution in [0.25, 0.3) is 22.4 Å². The first-order chi connectivity index (χ1) is 12.6. The molecule has 0 saturated carbocycles. The van der Waals surface area contributed by atoms with Crippen LogP contribution in [0.3, 0.4) is 0 Å². The van der Waals surface area contributed by atoms with Gasteiger partial charge >= 0.3 is 0 Å². The summed E-state index contributed by atoms with van der Waals surface area (Å²) in [4.78, 5) is 4.59. The molecule has 0 bridgehead atoms. The van der Waals surface area contributed by atoms with Crippen LogP contribution in [0, 0.1) is 27.7 Å². The number of hydrogen-bond acceptors (Lipinski definition) is 1. The van der Waals surface area contributed by atoms with E-state index in [0.717, 1.165) is 11.3 Å². The van der Waals surface area contributed by atoms with E-state index in [4.69, 9.17) is 0 Å². The highest BCUT2D eigenvalue weighted by molar-refractivity contribution is 9.10. The minimum atomic E-state index is 0.122. The lowest BCUT2D eigenvalue weighted by Crippen LogP contribution is -2.11. The van der Waals surface area contributed by atoms with Gasteiger partial charge in [-0.2, -0.15) is 0 Å². The van der Waals surface area contributed by atoms with Crippen molar-refractivity contribution in [1.29, 1.82) is 0 Å². The molecule has 0 aliphatic carbocycles. The number of halogens is 1. The summed E-state index contributed by atoms with van der Waals surface area (Å²) < 4.78 is 1.20. The summed E-state index contributed by atoms with van der Waals surface area (Å²) in [6, 6.07) is 13.1. The number of pyridine rings is 1.